The SMILES string of the molecule is CCCCC(C)(C)[C@@H](O)/C=C/[C@@H]1[C@@H](C/C=C\CCCC(=O)O)[C@@H](O)C[C@H]1O. The van der Waals surface area contributed by atoms with Crippen LogP contribution in [0.5, 0.6) is 0 Å². The monoisotopic (exact) mass is 382 g/mol. The molecular weight excluding hydrogens is 344 g/mol. The average Bonchev–Trinajstić information content (AvgIpc) is 2.86. The van der Waals surface area contributed by atoms with Gasteiger partial charge in [0.05, 0.1) is 18.3 Å². The third-order valence-electron chi connectivity index (χ3n) is 5.74. The molecule has 1 aliphatic carbocycles. The lowest BCUT2D eigenvalue weighted by Crippen LogP contribution is -2.28. The normalized spacial score (nSPS) is 27.6. The minimum Gasteiger partial charge on any atom is -0.481 e. The van der Waals surface area contributed by atoms with Crippen molar-refractivity contribution < 1.29 is 25.2 Å². The molecule has 1 rings (SSSR count). The summed E-state index contributed by atoms with van der Waals surface area (Å²) >= 11 is 0. The molecule has 0 aliphatic heterocycles. The number of carbonyl (C=O) groups is 1. The molecule has 4 N–H and O–H groups in total. The van der Waals surface area contributed by atoms with Crippen LogP contribution in [0.1, 0.15) is 72.1 Å². The second-order valence-corrected chi connectivity index (χ2v) is 8.53. The van der Waals surface area contributed by atoms with E-state index in [0.717, 1.165) is 19.3 Å². The highest BCUT2D eigenvalue weighted by Crippen LogP contribution is 2.37. The van der Waals surface area contributed by atoms with Crippen LogP contribution in [0.25, 0.3) is 0 Å². The molecule has 156 valence electrons. The molecule has 1 saturated carbocycles. The number of carboxylic acid groups (broad SMARTS) is 1. The maximum Gasteiger partial charge on any atom is 0.303 e. The number of carboxylic acids is 1. The van der Waals surface area contributed by atoms with Gasteiger partial charge in [0.2, 0.25) is 0 Å². The Bertz CT molecular complexity index is 497. The average molecular weight is 383 g/mol. The van der Waals surface area contributed by atoms with Gasteiger partial charge in [0.1, 0.15) is 0 Å². The van der Waals surface area contributed by atoms with Crippen molar-refractivity contribution in [2.24, 2.45) is 17.3 Å². The van der Waals surface area contributed by atoms with Gasteiger partial charge in [-0.25, -0.2) is 0 Å². The zero-order chi connectivity index (χ0) is 20.4. The van der Waals surface area contributed by atoms with Crippen LogP contribution in [-0.2, 0) is 4.79 Å². The standard InChI is InChI=1S/C22H38O5/c1-4-5-14-22(2,3)20(25)13-12-17-16(18(23)15-19(17)24)10-8-6-7-9-11-21(26)27/h6,8,12-13,16-20,23-25H,4-5,7,9-11,14-15H2,1-3H3,(H,26,27)/b8-6-,13-12+/t16-,17-,18+,19-,20+/m1/s1. The highest BCUT2D eigenvalue weighted by molar-refractivity contribution is 5.66. The molecule has 0 aromatic heterocycles. The number of allylic oxidation sites excluding steroid dienone is 2. The van der Waals surface area contributed by atoms with E-state index in [1.54, 1.807) is 6.08 Å². The molecule has 0 saturated heterocycles. The van der Waals surface area contributed by atoms with Crippen LogP contribution < -0.4 is 0 Å². The second-order valence-electron chi connectivity index (χ2n) is 8.53. The van der Waals surface area contributed by atoms with E-state index >= 15 is 0 Å². The molecule has 0 radical (unpaired) electrons. The van der Waals surface area contributed by atoms with Gasteiger partial charge in [-0.3, -0.25) is 4.79 Å². The summed E-state index contributed by atoms with van der Waals surface area (Å²) in [6.07, 6.45) is 11.4. The summed E-state index contributed by atoms with van der Waals surface area (Å²) < 4.78 is 0. The third-order valence-corrected chi connectivity index (χ3v) is 5.74. The fourth-order valence-corrected chi connectivity index (χ4v) is 3.72. The van der Waals surface area contributed by atoms with Crippen LogP contribution in [0.15, 0.2) is 24.3 Å². The number of hydrogen-bond acceptors (Lipinski definition) is 4. The van der Waals surface area contributed by atoms with Gasteiger partial charge in [0.15, 0.2) is 0 Å². The lowest BCUT2D eigenvalue weighted by molar-refractivity contribution is -0.137. The summed E-state index contributed by atoms with van der Waals surface area (Å²) in [5, 5.41) is 39.7. The van der Waals surface area contributed by atoms with Gasteiger partial charge < -0.3 is 20.4 Å². The van der Waals surface area contributed by atoms with Gasteiger partial charge in [-0.05, 0) is 37.0 Å². The highest BCUT2D eigenvalue weighted by Gasteiger charge is 2.39. The first-order chi connectivity index (χ1) is 12.7. The van der Waals surface area contributed by atoms with E-state index in [1.807, 2.05) is 18.2 Å². The molecule has 0 amide bonds. The van der Waals surface area contributed by atoms with Crippen molar-refractivity contribution in [2.45, 2.75) is 90.4 Å². The number of aliphatic carboxylic acids is 1. The molecular formula is C22H38O5. The topological polar surface area (TPSA) is 98.0 Å². The first-order valence-corrected chi connectivity index (χ1v) is 10.3. The summed E-state index contributed by atoms with van der Waals surface area (Å²) in [6, 6.07) is 0. The lowest BCUT2D eigenvalue weighted by Gasteiger charge is -2.29. The van der Waals surface area contributed by atoms with Crippen molar-refractivity contribution in [3.63, 3.8) is 0 Å². The molecule has 0 aromatic carbocycles. The van der Waals surface area contributed by atoms with Gasteiger partial charge in [0.25, 0.3) is 0 Å². The van der Waals surface area contributed by atoms with E-state index in [9.17, 15) is 20.1 Å². The predicted octanol–water partition coefficient (Wildman–Crippen LogP) is 3.68. The Morgan fingerprint density at radius 3 is 2.52 bits per heavy atom. The van der Waals surface area contributed by atoms with Crippen molar-refractivity contribution >= 4 is 5.97 Å². The molecule has 0 aromatic rings. The van der Waals surface area contributed by atoms with Gasteiger partial charge in [-0.15, -0.1) is 0 Å². The van der Waals surface area contributed by atoms with E-state index in [2.05, 4.69) is 20.8 Å². The Balaban J connectivity index is 2.62. The minimum absolute atomic E-state index is 0.0853. The summed E-state index contributed by atoms with van der Waals surface area (Å²) in [5.41, 5.74) is -0.214. The van der Waals surface area contributed by atoms with E-state index in [4.69, 9.17) is 5.11 Å². The highest BCUT2D eigenvalue weighted by atomic mass is 16.4. The van der Waals surface area contributed by atoms with Gasteiger partial charge >= 0.3 is 5.97 Å². The molecule has 0 bridgehead atoms. The zero-order valence-electron chi connectivity index (χ0n) is 17.1. The number of hydrogen-bond donors (Lipinski definition) is 4. The predicted molar refractivity (Wildman–Crippen MR) is 107 cm³/mol. The van der Waals surface area contributed by atoms with Crippen LogP contribution >= 0.6 is 0 Å². The van der Waals surface area contributed by atoms with Gasteiger partial charge in [0, 0.05) is 18.8 Å². The lowest BCUT2D eigenvalue weighted by atomic mass is 9.80. The summed E-state index contributed by atoms with van der Waals surface area (Å²) in [7, 11) is 0. The fraction of sp³-hybridized carbons (Fsp3) is 0.773. The van der Waals surface area contributed by atoms with Gasteiger partial charge in [-0.2, -0.15) is 0 Å². The molecule has 5 heteroatoms. The van der Waals surface area contributed by atoms with Crippen molar-refractivity contribution in [1.82, 2.24) is 0 Å². The largest absolute Gasteiger partial charge is 0.481 e. The Kier molecular flexibility index (Phi) is 10.3. The molecule has 0 heterocycles. The number of aliphatic hydroxyl groups excluding tert-OH is 3. The van der Waals surface area contributed by atoms with Crippen LogP contribution in [0.3, 0.4) is 0 Å². The van der Waals surface area contributed by atoms with E-state index in [-0.39, 0.29) is 23.7 Å². The van der Waals surface area contributed by atoms with Crippen molar-refractivity contribution in [1.29, 1.82) is 0 Å². The number of rotatable bonds is 12. The van der Waals surface area contributed by atoms with Crippen molar-refractivity contribution in [3.8, 4) is 0 Å². The maximum absolute atomic E-state index is 10.5. The Hall–Kier alpha value is -1.17. The summed E-state index contributed by atoms with van der Waals surface area (Å²) in [6.45, 7) is 6.23. The molecule has 0 unspecified atom stereocenters. The second kappa shape index (κ2) is 11.6. The van der Waals surface area contributed by atoms with Gasteiger partial charge in [-0.1, -0.05) is 57.9 Å². The molecule has 1 fully saturated rings. The first kappa shape index (κ1) is 23.9. The number of unbranched alkanes of at least 4 members (excludes halogenated alkanes) is 2. The minimum atomic E-state index is -0.789. The molecule has 1 aliphatic rings. The zero-order valence-corrected chi connectivity index (χ0v) is 17.1. The Morgan fingerprint density at radius 1 is 1.19 bits per heavy atom. The van der Waals surface area contributed by atoms with E-state index in [0.29, 0.717) is 25.7 Å². The van der Waals surface area contributed by atoms with Crippen LogP contribution in [0.4, 0.5) is 0 Å². The summed E-state index contributed by atoms with van der Waals surface area (Å²) in [4.78, 5) is 10.5. The first-order valence-electron chi connectivity index (χ1n) is 10.3. The smallest absolute Gasteiger partial charge is 0.303 e. The third kappa shape index (κ3) is 8.16. The Morgan fingerprint density at radius 2 is 1.89 bits per heavy atom. The van der Waals surface area contributed by atoms with Crippen LogP contribution in [0.2, 0.25) is 0 Å². The molecule has 0 spiro atoms. The molecule has 5 atom stereocenters. The number of aliphatic hydroxyl groups is 3. The van der Waals surface area contributed by atoms with E-state index < -0.39 is 24.3 Å². The summed E-state index contributed by atoms with van der Waals surface area (Å²) in [5.74, 6) is -1.05. The quantitative estimate of drug-likeness (QED) is 0.305. The van der Waals surface area contributed by atoms with Crippen molar-refractivity contribution in [2.75, 3.05) is 0 Å². The molecule has 5 nitrogen and oxygen atoms in total. The van der Waals surface area contributed by atoms with E-state index in [1.165, 1.54) is 0 Å². The van der Waals surface area contributed by atoms with Crippen LogP contribution in [0, 0.1) is 17.3 Å². The van der Waals surface area contributed by atoms with Crippen molar-refractivity contribution in [3.05, 3.63) is 24.3 Å². The Labute approximate surface area is 163 Å². The molecule has 27 heavy (non-hydrogen) atoms. The fourth-order valence-electron chi connectivity index (χ4n) is 3.72. The maximum atomic E-state index is 10.5. The van der Waals surface area contributed by atoms with Crippen LogP contribution in [-0.4, -0.2) is 44.7 Å².